The number of nitrogens with zero attached hydrogens (tertiary/aromatic N) is 3. The summed E-state index contributed by atoms with van der Waals surface area (Å²) in [7, 11) is 1.34. The highest BCUT2D eigenvalue weighted by molar-refractivity contribution is 7.11. The number of aliphatic imine (C=N–C) groups is 1. The van der Waals surface area contributed by atoms with Gasteiger partial charge in [0, 0.05) is 36.4 Å². The van der Waals surface area contributed by atoms with Crippen molar-refractivity contribution in [3.8, 4) is 0 Å². The van der Waals surface area contributed by atoms with Crippen molar-refractivity contribution in [1.82, 2.24) is 20.5 Å². The topological polar surface area (TPSA) is 95.9 Å². The van der Waals surface area contributed by atoms with Crippen LogP contribution in [0.1, 0.15) is 55.3 Å². The summed E-state index contributed by atoms with van der Waals surface area (Å²) in [6.45, 7) is 6.85. The van der Waals surface area contributed by atoms with Crippen molar-refractivity contribution < 1.29 is 18.7 Å². The second-order valence-corrected chi connectivity index (χ2v) is 11.4. The number of halogens is 1. The van der Waals surface area contributed by atoms with E-state index in [1.807, 2.05) is 19.2 Å². The molecule has 0 bridgehead atoms. The van der Waals surface area contributed by atoms with Crippen LogP contribution in [0.3, 0.4) is 0 Å². The molecule has 3 heterocycles. The standard InChI is InChI=1S/C27H32FN5O3S/c1-15(2)30-24(34)20-12-27(7-8-27)14-33(20)13-19-21(26(35)36-4)22(18-6-5-17(28)11-16(18)3)32-23(31-19)25-29-9-10-37-25/h5-6,9-11,15,20,22H,7-8,12-14H2,1-4H3,(H,30,34)(H,31,32). The van der Waals surface area contributed by atoms with E-state index in [2.05, 4.69) is 20.5 Å². The molecule has 37 heavy (non-hydrogen) atoms. The van der Waals surface area contributed by atoms with Crippen molar-refractivity contribution in [1.29, 1.82) is 0 Å². The molecular weight excluding hydrogens is 493 g/mol. The summed E-state index contributed by atoms with van der Waals surface area (Å²) in [5.74, 6) is -0.319. The summed E-state index contributed by atoms with van der Waals surface area (Å²) in [6.07, 6.45) is 4.72. The van der Waals surface area contributed by atoms with Crippen LogP contribution in [0, 0.1) is 18.2 Å². The van der Waals surface area contributed by atoms with Crippen molar-refractivity contribution in [3.63, 3.8) is 0 Å². The van der Waals surface area contributed by atoms with Crippen LogP contribution >= 0.6 is 11.3 Å². The highest BCUT2D eigenvalue weighted by atomic mass is 32.1. The molecule has 2 unspecified atom stereocenters. The lowest BCUT2D eigenvalue weighted by molar-refractivity contribution is -0.136. The zero-order valence-corrected chi connectivity index (χ0v) is 22.3. The monoisotopic (exact) mass is 525 g/mol. The van der Waals surface area contributed by atoms with Gasteiger partial charge in [-0.1, -0.05) is 6.07 Å². The molecule has 5 rings (SSSR count). The van der Waals surface area contributed by atoms with E-state index in [1.54, 1.807) is 19.2 Å². The molecule has 3 aliphatic rings. The van der Waals surface area contributed by atoms with Crippen LogP contribution in [0.4, 0.5) is 4.39 Å². The molecule has 2 N–H and O–H groups in total. The van der Waals surface area contributed by atoms with Crippen LogP contribution in [0.5, 0.6) is 0 Å². The highest BCUT2D eigenvalue weighted by Crippen LogP contribution is 2.55. The van der Waals surface area contributed by atoms with Crippen LogP contribution in [-0.4, -0.2) is 59.9 Å². The number of rotatable bonds is 7. The number of amides is 1. The van der Waals surface area contributed by atoms with E-state index >= 15 is 0 Å². The Morgan fingerprint density at radius 1 is 1.35 bits per heavy atom. The fraction of sp³-hybridized carbons (Fsp3) is 0.481. The first-order valence-electron chi connectivity index (χ1n) is 12.6. The number of aryl methyl sites for hydroxylation is 1. The molecule has 1 amide bonds. The number of nitrogens with one attached hydrogen (secondary N) is 2. The molecular formula is C27H32FN5O3S. The molecule has 1 aromatic carbocycles. The second-order valence-electron chi connectivity index (χ2n) is 10.5. The van der Waals surface area contributed by atoms with Gasteiger partial charge >= 0.3 is 5.97 Å². The Bertz CT molecular complexity index is 1270. The van der Waals surface area contributed by atoms with Gasteiger partial charge in [-0.05, 0) is 68.7 Å². The van der Waals surface area contributed by atoms with E-state index in [9.17, 15) is 14.0 Å². The van der Waals surface area contributed by atoms with Crippen LogP contribution in [0.2, 0.25) is 0 Å². The van der Waals surface area contributed by atoms with Gasteiger partial charge in [-0.25, -0.2) is 14.2 Å². The number of ether oxygens (including phenoxy) is 1. The predicted molar refractivity (Wildman–Crippen MR) is 140 cm³/mol. The molecule has 1 aromatic heterocycles. The van der Waals surface area contributed by atoms with Gasteiger partial charge in [0.1, 0.15) is 11.9 Å². The Balaban J connectivity index is 1.57. The normalized spacial score (nSPS) is 22.7. The second kappa shape index (κ2) is 9.98. The first kappa shape index (κ1) is 25.5. The highest BCUT2D eigenvalue weighted by Gasteiger charge is 2.54. The number of aromatic nitrogens is 1. The fourth-order valence-electron chi connectivity index (χ4n) is 5.38. The number of hydrogen-bond acceptors (Lipinski definition) is 8. The van der Waals surface area contributed by atoms with E-state index in [4.69, 9.17) is 9.73 Å². The van der Waals surface area contributed by atoms with Gasteiger partial charge in [-0.2, -0.15) is 0 Å². The van der Waals surface area contributed by atoms with Gasteiger partial charge in [0.05, 0.1) is 18.7 Å². The number of carbonyl (C=O) groups excluding carboxylic acids is 2. The van der Waals surface area contributed by atoms with Gasteiger partial charge in [0.2, 0.25) is 5.91 Å². The smallest absolute Gasteiger partial charge is 0.338 e. The van der Waals surface area contributed by atoms with Crippen LogP contribution in [-0.2, 0) is 14.3 Å². The Hall–Kier alpha value is -3.11. The Labute approximate surface area is 220 Å². The number of likely N-dealkylation sites (tertiary alicyclic amines) is 1. The predicted octanol–water partition coefficient (Wildman–Crippen LogP) is 3.49. The third kappa shape index (κ3) is 5.17. The maximum absolute atomic E-state index is 14.0. The third-order valence-corrected chi connectivity index (χ3v) is 8.13. The number of carbonyl (C=O) groups is 2. The van der Waals surface area contributed by atoms with E-state index < -0.39 is 12.0 Å². The van der Waals surface area contributed by atoms with Crippen LogP contribution in [0.15, 0.2) is 46.0 Å². The number of thiazole rings is 1. The minimum absolute atomic E-state index is 0.00884. The van der Waals surface area contributed by atoms with Gasteiger partial charge < -0.3 is 15.4 Å². The number of methoxy groups -OCH3 is 1. The fourth-order valence-corrected chi connectivity index (χ4v) is 5.97. The minimum Gasteiger partial charge on any atom is -0.466 e. The number of esters is 1. The zero-order chi connectivity index (χ0) is 26.3. The summed E-state index contributed by atoms with van der Waals surface area (Å²) in [6, 6.07) is 3.53. The SMILES string of the molecule is COC(=O)C1=C(CN2CC3(CC3)CC2C(=O)NC(C)C)NC(c2nccs2)=NC1c1ccc(F)cc1C. The lowest BCUT2D eigenvalue weighted by atomic mass is 9.92. The minimum atomic E-state index is -0.705. The Kier molecular flexibility index (Phi) is 6.89. The van der Waals surface area contributed by atoms with E-state index in [1.165, 1.54) is 30.6 Å². The summed E-state index contributed by atoms with van der Waals surface area (Å²) in [5.41, 5.74) is 2.54. The van der Waals surface area contributed by atoms with Crippen molar-refractivity contribution in [2.24, 2.45) is 10.4 Å². The Morgan fingerprint density at radius 2 is 2.14 bits per heavy atom. The van der Waals surface area contributed by atoms with Crippen LogP contribution in [0.25, 0.3) is 0 Å². The number of benzene rings is 1. The van der Waals surface area contributed by atoms with Gasteiger partial charge in [0.25, 0.3) is 0 Å². The molecule has 2 fully saturated rings. The molecule has 2 atom stereocenters. The maximum Gasteiger partial charge on any atom is 0.338 e. The number of hydrogen-bond donors (Lipinski definition) is 2. The third-order valence-electron chi connectivity index (χ3n) is 7.35. The molecule has 1 aliphatic carbocycles. The average molecular weight is 526 g/mol. The molecule has 10 heteroatoms. The van der Waals surface area contributed by atoms with Crippen molar-refractivity contribution in [2.45, 2.75) is 58.2 Å². The first-order valence-corrected chi connectivity index (χ1v) is 13.4. The maximum atomic E-state index is 14.0. The molecule has 2 aromatic rings. The largest absolute Gasteiger partial charge is 0.466 e. The van der Waals surface area contributed by atoms with Gasteiger partial charge in [-0.15, -0.1) is 11.3 Å². The molecule has 1 spiro atoms. The molecule has 196 valence electrons. The lowest BCUT2D eigenvalue weighted by Crippen LogP contribution is -2.48. The average Bonchev–Trinajstić information content (AvgIpc) is 3.23. The van der Waals surface area contributed by atoms with Crippen LogP contribution < -0.4 is 10.6 Å². The van der Waals surface area contributed by atoms with Crippen molar-refractivity contribution in [3.05, 3.63) is 63.0 Å². The Morgan fingerprint density at radius 3 is 2.76 bits per heavy atom. The van der Waals surface area contributed by atoms with Gasteiger partial charge in [0.15, 0.2) is 10.8 Å². The molecule has 1 saturated carbocycles. The first-order chi connectivity index (χ1) is 17.7. The zero-order valence-electron chi connectivity index (χ0n) is 21.5. The lowest BCUT2D eigenvalue weighted by Gasteiger charge is -2.31. The molecule has 8 nitrogen and oxygen atoms in total. The molecule has 0 radical (unpaired) electrons. The van der Waals surface area contributed by atoms with E-state index in [0.29, 0.717) is 39.8 Å². The summed E-state index contributed by atoms with van der Waals surface area (Å²) >= 11 is 1.43. The van der Waals surface area contributed by atoms with Crippen molar-refractivity contribution >= 4 is 29.0 Å². The molecule has 2 aliphatic heterocycles. The number of amidine groups is 1. The molecule has 1 saturated heterocycles. The van der Waals surface area contributed by atoms with E-state index in [-0.39, 0.29) is 29.2 Å². The van der Waals surface area contributed by atoms with Gasteiger partial charge in [-0.3, -0.25) is 14.7 Å². The quantitative estimate of drug-likeness (QED) is 0.538. The van der Waals surface area contributed by atoms with Crippen molar-refractivity contribution in [2.75, 3.05) is 20.2 Å². The van der Waals surface area contributed by atoms with E-state index in [0.717, 1.165) is 25.8 Å². The summed E-state index contributed by atoms with van der Waals surface area (Å²) in [4.78, 5) is 37.8. The summed E-state index contributed by atoms with van der Waals surface area (Å²) in [5, 5.41) is 8.96. The summed E-state index contributed by atoms with van der Waals surface area (Å²) < 4.78 is 19.2.